The van der Waals surface area contributed by atoms with E-state index in [-0.39, 0.29) is 0 Å². The van der Waals surface area contributed by atoms with Crippen LogP contribution < -0.4 is 5.32 Å². The van der Waals surface area contributed by atoms with Crippen LogP contribution >= 0.6 is 27.3 Å². The van der Waals surface area contributed by atoms with Crippen LogP contribution in [0.15, 0.2) is 9.85 Å². The molecule has 1 unspecified atom stereocenters. The number of thiophene rings is 1. The van der Waals surface area contributed by atoms with E-state index in [0.29, 0.717) is 6.04 Å². The van der Waals surface area contributed by atoms with Crippen LogP contribution in [0.3, 0.4) is 0 Å². The molecule has 1 nitrogen and oxygen atoms in total. The molecular weight excluding hydrogens is 282 g/mol. The Hall–Kier alpha value is 0.140. The van der Waals surface area contributed by atoms with Crippen LogP contribution in [0.1, 0.15) is 48.6 Å². The monoisotopic (exact) mass is 301 g/mol. The molecule has 3 heteroatoms. The summed E-state index contributed by atoms with van der Waals surface area (Å²) in [7, 11) is 2.10. The average molecular weight is 302 g/mol. The van der Waals surface area contributed by atoms with Gasteiger partial charge in [0.15, 0.2) is 0 Å². The van der Waals surface area contributed by atoms with Crippen LogP contribution in [0.4, 0.5) is 0 Å². The highest BCUT2D eigenvalue weighted by atomic mass is 79.9. The van der Waals surface area contributed by atoms with Gasteiger partial charge in [0.25, 0.3) is 0 Å². The normalized spacial score (nSPS) is 19.9. The molecule has 1 aromatic heterocycles. The minimum Gasteiger partial charge on any atom is -0.313 e. The highest BCUT2D eigenvalue weighted by Crippen LogP contribution is 2.38. The minimum atomic E-state index is 0.558. The van der Waals surface area contributed by atoms with E-state index in [4.69, 9.17) is 0 Å². The maximum absolute atomic E-state index is 3.60. The second kappa shape index (κ2) is 5.65. The van der Waals surface area contributed by atoms with Crippen molar-refractivity contribution >= 4 is 27.3 Å². The van der Waals surface area contributed by atoms with Gasteiger partial charge in [-0.15, -0.1) is 11.3 Å². The van der Waals surface area contributed by atoms with Crippen LogP contribution in [0.25, 0.3) is 0 Å². The first-order valence-corrected chi connectivity index (χ1v) is 7.76. The molecule has 1 fully saturated rings. The lowest BCUT2D eigenvalue weighted by Gasteiger charge is -2.30. The zero-order valence-corrected chi connectivity index (χ0v) is 12.5. The average Bonchev–Trinajstić information content (AvgIpc) is 2.61. The number of hydrogen-bond donors (Lipinski definition) is 1. The second-order valence-corrected chi connectivity index (χ2v) is 7.36. The van der Waals surface area contributed by atoms with Crippen molar-refractivity contribution in [1.82, 2.24) is 5.32 Å². The van der Waals surface area contributed by atoms with Gasteiger partial charge >= 0.3 is 0 Å². The first-order chi connectivity index (χ1) is 7.72. The molecule has 0 bridgehead atoms. The third-order valence-electron chi connectivity index (χ3n) is 3.69. The molecule has 2 rings (SSSR count). The highest BCUT2D eigenvalue weighted by Gasteiger charge is 2.25. The van der Waals surface area contributed by atoms with Gasteiger partial charge in [-0.2, -0.15) is 0 Å². The van der Waals surface area contributed by atoms with Gasteiger partial charge in [0.1, 0.15) is 0 Å². The van der Waals surface area contributed by atoms with E-state index in [2.05, 4.69) is 41.3 Å². The summed E-state index contributed by atoms with van der Waals surface area (Å²) in [6, 6.07) is 2.86. The number of hydrogen-bond acceptors (Lipinski definition) is 2. The van der Waals surface area contributed by atoms with Crippen molar-refractivity contribution in [3.63, 3.8) is 0 Å². The molecular formula is C13H20BrNS. The van der Waals surface area contributed by atoms with Crippen molar-refractivity contribution in [2.75, 3.05) is 7.05 Å². The van der Waals surface area contributed by atoms with E-state index in [1.807, 2.05) is 11.3 Å². The lowest BCUT2D eigenvalue weighted by atomic mass is 9.81. The molecule has 1 aliphatic carbocycles. The summed E-state index contributed by atoms with van der Waals surface area (Å²) in [6.45, 7) is 2.23. The van der Waals surface area contributed by atoms with E-state index in [0.717, 1.165) is 5.92 Å². The predicted molar refractivity (Wildman–Crippen MR) is 75.1 cm³/mol. The van der Waals surface area contributed by atoms with Gasteiger partial charge in [0, 0.05) is 10.9 Å². The van der Waals surface area contributed by atoms with Crippen molar-refractivity contribution in [1.29, 1.82) is 0 Å². The van der Waals surface area contributed by atoms with Gasteiger partial charge in [-0.05, 0) is 60.3 Å². The first-order valence-electron chi connectivity index (χ1n) is 6.15. The Morgan fingerprint density at radius 1 is 1.38 bits per heavy atom. The predicted octanol–water partition coefficient (Wildman–Crippen LogP) is 4.66. The molecule has 0 saturated heterocycles. The summed E-state index contributed by atoms with van der Waals surface area (Å²) in [5, 5.41) is 3.53. The van der Waals surface area contributed by atoms with Crippen LogP contribution in [-0.4, -0.2) is 7.05 Å². The number of rotatable bonds is 3. The number of nitrogens with one attached hydrogen (secondary N) is 1. The molecule has 1 saturated carbocycles. The Balaban J connectivity index is 2.17. The lowest BCUT2D eigenvalue weighted by Crippen LogP contribution is -2.27. The van der Waals surface area contributed by atoms with Crippen molar-refractivity contribution in [2.45, 2.75) is 45.1 Å². The fourth-order valence-electron chi connectivity index (χ4n) is 2.88. The Kier molecular flexibility index (Phi) is 4.45. The van der Waals surface area contributed by atoms with Gasteiger partial charge in [-0.25, -0.2) is 0 Å². The maximum Gasteiger partial charge on any atom is 0.0704 e. The van der Waals surface area contributed by atoms with Crippen LogP contribution in [0, 0.1) is 12.8 Å². The smallest absolute Gasteiger partial charge is 0.0704 e. The standard InChI is InChI=1S/C13H20BrNS/c1-9-11(8-12(14)16-9)13(15-2)10-6-4-3-5-7-10/h8,10,13,15H,3-7H2,1-2H3. The zero-order valence-electron chi connectivity index (χ0n) is 10.1. The number of halogens is 1. The van der Waals surface area contributed by atoms with Crippen LogP contribution in [0.2, 0.25) is 0 Å². The summed E-state index contributed by atoms with van der Waals surface area (Å²) < 4.78 is 1.26. The Morgan fingerprint density at radius 3 is 2.56 bits per heavy atom. The van der Waals surface area contributed by atoms with Crippen molar-refractivity contribution in [3.05, 3.63) is 20.3 Å². The summed E-state index contributed by atoms with van der Waals surface area (Å²) in [4.78, 5) is 1.46. The maximum atomic E-state index is 3.60. The Bertz CT molecular complexity index is 342. The molecule has 16 heavy (non-hydrogen) atoms. The van der Waals surface area contributed by atoms with Crippen molar-refractivity contribution in [2.24, 2.45) is 5.92 Å². The largest absolute Gasteiger partial charge is 0.313 e. The molecule has 0 radical (unpaired) electrons. The summed E-state index contributed by atoms with van der Waals surface area (Å²) in [5.41, 5.74) is 1.51. The molecule has 1 aliphatic rings. The first kappa shape index (κ1) is 12.6. The highest BCUT2D eigenvalue weighted by molar-refractivity contribution is 9.11. The second-order valence-electron chi connectivity index (χ2n) is 4.73. The van der Waals surface area contributed by atoms with Crippen molar-refractivity contribution in [3.8, 4) is 0 Å². The molecule has 0 amide bonds. The Morgan fingerprint density at radius 2 is 2.06 bits per heavy atom. The summed E-state index contributed by atoms with van der Waals surface area (Å²) >= 11 is 5.45. The van der Waals surface area contributed by atoms with E-state index in [1.54, 1.807) is 0 Å². The quantitative estimate of drug-likeness (QED) is 0.856. The molecule has 0 aliphatic heterocycles. The molecule has 1 heterocycles. The fraction of sp³-hybridized carbons (Fsp3) is 0.692. The SMILES string of the molecule is CNC(c1cc(Br)sc1C)C1CCCCC1. The van der Waals surface area contributed by atoms with E-state index >= 15 is 0 Å². The zero-order chi connectivity index (χ0) is 11.5. The number of aryl methyl sites for hydroxylation is 1. The third-order valence-corrected chi connectivity index (χ3v) is 5.26. The lowest BCUT2D eigenvalue weighted by molar-refractivity contribution is 0.281. The minimum absolute atomic E-state index is 0.558. The molecule has 0 spiro atoms. The van der Waals surface area contributed by atoms with Crippen LogP contribution in [0.5, 0.6) is 0 Å². The van der Waals surface area contributed by atoms with Crippen LogP contribution in [-0.2, 0) is 0 Å². The molecule has 0 aromatic carbocycles. The van der Waals surface area contributed by atoms with E-state index < -0.39 is 0 Å². The summed E-state index contributed by atoms with van der Waals surface area (Å²) in [5.74, 6) is 0.832. The van der Waals surface area contributed by atoms with Gasteiger partial charge in [-0.1, -0.05) is 19.3 Å². The van der Waals surface area contributed by atoms with Crippen molar-refractivity contribution < 1.29 is 0 Å². The van der Waals surface area contributed by atoms with E-state index in [9.17, 15) is 0 Å². The topological polar surface area (TPSA) is 12.0 Å². The van der Waals surface area contributed by atoms with E-state index in [1.165, 1.54) is 46.3 Å². The van der Waals surface area contributed by atoms with Gasteiger partial charge < -0.3 is 5.32 Å². The van der Waals surface area contributed by atoms with Gasteiger partial charge in [0.05, 0.1) is 3.79 Å². The fourth-order valence-corrected chi connectivity index (χ4v) is 4.64. The summed E-state index contributed by atoms with van der Waals surface area (Å²) in [6.07, 6.45) is 7.02. The Labute approximate surface area is 111 Å². The molecule has 1 atom stereocenters. The molecule has 1 N–H and O–H groups in total. The van der Waals surface area contributed by atoms with Gasteiger partial charge in [0.2, 0.25) is 0 Å². The molecule has 90 valence electrons. The molecule has 1 aromatic rings. The third kappa shape index (κ3) is 2.69. The van der Waals surface area contributed by atoms with Gasteiger partial charge in [-0.3, -0.25) is 0 Å².